The maximum absolute atomic E-state index is 12.2. The van der Waals surface area contributed by atoms with Gasteiger partial charge in [-0.3, -0.25) is 14.4 Å². The second kappa shape index (κ2) is 8.27. The average Bonchev–Trinajstić information content (AvgIpc) is 3.25. The molecule has 2 fully saturated rings. The largest absolute Gasteiger partial charge is 0.455 e. The van der Waals surface area contributed by atoms with E-state index in [0.717, 1.165) is 25.7 Å². The maximum atomic E-state index is 12.2. The summed E-state index contributed by atoms with van der Waals surface area (Å²) in [7, 11) is 0. The summed E-state index contributed by atoms with van der Waals surface area (Å²) in [6.45, 7) is -0.0557. The molecule has 0 bridgehead atoms. The molecule has 6 nitrogen and oxygen atoms in total. The standard InChI is InChI=1S/C18H20Cl2N2O4/c19-12-5-6-14(20)15(8-12)21-16(23)10-26-18(25)11-7-17(24)22(9-11)13-3-1-2-4-13/h5-6,8,11,13H,1-4,7,9-10H2,(H,21,23)/t11-/m0/s1. The lowest BCUT2D eigenvalue weighted by Gasteiger charge is -2.23. The SMILES string of the molecule is O=C(COC(=O)[C@H]1CC(=O)N(C2CCCC2)C1)Nc1cc(Cl)ccc1Cl. The minimum absolute atomic E-state index is 0.00555. The number of rotatable bonds is 5. The van der Waals surface area contributed by atoms with Crippen molar-refractivity contribution in [2.24, 2.45) is 5.92 Å². The smallest absolute Gasteiger partial charge is 0.311 e. The average molecular weight is 399 g/mol. The number of carbonyl (C=O) groups is 3. The zero-order valence-electron chi connectivity index (χ0n) is 14.2. The fraction of sp³-hybridized carbons (Fsp3) is 0.500. The molecule has 1 aromatic rings. The zero-order chi connectivity index (χ0) is 18.7. The number of amides is 2. The molecule has 1 aliphatic heterocycles. The Morgan fingerprint density at radius 3 is 2.69 bits per heavy atom. The van der Waals surface area contributed by atoms with Gasteiger partial charge in [0.2, 0.25) is 5.91 Å². The van der Waals surface area contributed by atoms with Crippen LogP contribution in [-0.4, -0.2) is 41.9 Å². The molecule has 2 aliphatic rings. The van der Waals surface area contributed by atoms with Crippen LogP contribution >= 0.6 is 23.2 Å². The van der Waals surface area contributed by atoms with Crippen LogP contribution in [-0.2, 0) is 19.1 Å². The van der Waals surface area contributed by atoms with Crippen molar-refractivity contribution in [2.75, 3.05) is 18.5 Å². The van der Waals surface area contributed by atoms with Crippen molar-refractivity contribution in [1.82, 2.24) is 4.90 Å². The molecule has 1 heterocycles. The van der Waals surface area contributed by atoms with Crippen LogP contribution in [0.5, 0.6) is 0 Å². The van der Waals surface area contributed by atoms with Gasteiger partial charge in [0.25, 0.3) is 5.91 Å². The molecule has 3 rings (SSSR count). The van der Waals surface area contributed by atoms with Crippen molar-refractivity contribution in [1.29, 1.82) is 0 Å². The molecule has 1 saturated carbocycles. The van der Waals surface area contributed by atoms with Crippen LogP contribution in [0.4, 0.5) is 5.69 Å². The second-order valence-corrected chi connectivity index (χ2v) is 7.51. The van der Waals surface area contributed by atoms with Gasteiger partial charge < -0.3 is 15.0 Å². The summed E-state index contributed by atoms with van der Waals surface area (Å²) in [5, 5.41) is 3.31. The summed E-state index contributed by atoms with van der Waals surface area (Å²) in [4.78, 5) is 38.1. The van der Waals surface area contributed by atoms with Gasteiger partial charge >= 0.3 is 5.97 Å². The third-order valence-electron chi connectivity index (χ3n) is 4.81. The molecule has 140 valence electrons. The fourth-order valence-electron chi connectivity index (χ4n) is 3.49. The lowest BCUT2D eigenvalue weighted by atomic mass is 10.1. The zero-order valence-corrected chi connectivity index (χ0v) is 15.7. The number of esters is 1. The van der Waals surface area contributed by atoms with Crippen LogP contribution < -0.4 is 5.32 Å². The van der Waals surface area contributed by atoms with Crippen LogP contribution in [0.1, 0.15) is 32.1 Å². The number of carbonyl (C=O) groups excluding carboxylic acids is 3. The minimum Gasteiger partial charge on any atom is -0.455 e. The lowest BCUT2D eigenvalue weighted by molar-refractivity contribution is -0.151. The molecule has 0 unspecified atom stereocenters. The van der Waals surface area contributed by atoms with Crippen molar-refractivity contribution in [3.8, 4) is 0 Å². The van der Waals surface area contributed by atoms with Gasteiger partial charge in [-0.25, -0.2) is 0 Å². The monoisotopic (exact) mass is 398 g/mol. The Morgan fingerprint density at radius 2 is 1.96 bits per heavy atom. The molecule has 8 heteroatoms. The van der Waals surface area contributed by atoms with Gasteiger partial charge in [0.05, 0.1) is 16.6 Å². The number of likely N-dealkylation sites (tertiary alicyclic amines) is 1. The van der Waals surface area contributed by atoms with Gasteiger partial charge in [-0.2, -0.15) is 0 Å². The van der Waals surface area contributed by atoms with Crippen LogP contribution in [0.3, 0.4) is 0 Å². The van der Waals surface area contributed by atoms with E-state index in [1.54, 1.807) is 17.0 Å². The summed E-state index contributed by atoms with van der Waals surface area (Å²) in [5.41, 5.74) is 0.351. The first-order chi connectivity index (χ1) is 12.4. The van der Waals surface area contributed by atoms with Crippen LogP contribution in [0, 0.1) is 5.92 Å². The lowest BCUT2D eigenvalue weighted by Crippen LogP contribution is -2.35. The summed E-state index contributed by atoms with van der Waals surface area (Å²) < 4.78 is 5.08. The molecule has 1 saturated heterocycles. The quantitative estimate of drug-likeness (QED) is 0.772. The Kier molecular flexibility index (Phi) is 6.04. The van der Waals surface area contributed by atoms with Crippen molar-refractivity contribution < 1.29 is 19.1 Å². The third kappa shape index (κ3) is 4.48. The summed E-state index contributed by atoms with van der Waals surface area (Å²) >= 11 is 11.8. The van der Waals surface area contributed by atoms with Gasteiger partial charge in [-0.15, -0.1) is 0 Å². The first kappa shape index (κ1) is 19.0. The van der Waals surface area contributed by atoms with E-state index in [2.05, 4.69) is 5.32 Å². The predicted molar refractivity (Wildman–Crippen MR) is 98.1 cm³/mol. The fourth-order valence-corrected chi connectivity index (χ4v) is 3.83. The molecular formula is C18H20Cl2N2O4. The normalized spacial score (nSPS) is 20.5. The van der Waals surface area contributed by atoms with Gasteiger partial charge in [0, 0.05) is 24.0 Å². The third-order valence-corrected chi connectivity index (χ3v) is 5.37. The number of nitrogens with one attached hydrogen (secondary N) is 1. The molecule has 1 N–H and O–H groups in total. The Labute approximate surface area is 161 Å². The van der Waals surface area contributed by atoms with E-state index in [9.17, 15) is 14.4 Å². The highest BCUT2D eigenvalue weighted by atomic mass is 35.5. The molecular weight excluding hydrogens is 379 g/mol. The van der Waals surface area contributed by atoms with Gasteiger partial charge in [-0.05, 0) is 31.0 Å². The van der Waals surface area contributed by atoms with Crippen LogP contribution in [0.25, 0.3) is 0 Å². The summed E-state index contributed by atoms with van der Waals surface area (Å²) in [6.07, 6.45) is 4.38. The maximum Gasteiger partial charge on any atom is 0.311 e. The Hall–Kier alpha value is -1.79. The van der Waals surface area contributed by atoms with E-state index < -0.39 is 24.4 Å². The number of benzene rings is 1. The second-order valence-electron chi connectivity index (χ2n) is 6.67. The highest BCUT2D eigenvalue weighted by Gasteiger charge is 2.39. The first-order valence-corrected chi connectivity index (χ1v) is 9.40. The minimum atomic E-state index is -0.522. The summed E-state index contributed by atoms with van der Waals surface area (Å²) in [5.74, 6) is -1.55. The molecule has 0 radical (unpaired) electrons. The molecule has 0 spiro atoms. The molecule has 26 heavy (non-hydrogen) atoms. The van der Waals surface area contributed by atoms with E-state index in [-0.39, 0.29) is 18.4 Å². The van der Waals surface area contributed by atoms with Crippen molar-refractivity contribution >= 4 is 46.7 Å². The Morgan fingerprint density at radius 1 is 1.23 bits per heavy atom. The highest BCUT2D eigenvalue weighted by Crippen LogP contribution is 2.30. The summed E-state index contributed by atoms with van der Waals surface area (Å²) in [6, 6.07) is 4.92. The van der Waals surface area contributed by atoms with E-state index in [4.69, 9.17) is 27.9 Å². The topological polar surface area (TPSA) is 75.7 Å². The van der Waals surface area contributed by atoms with Crippen LogP contribution in [0.15, 0.2) is 18.2 Å². The Balaban J connectivity index is 1.48. The Bertz CT molecular complexity index is 719. The van der Waals surface area contributed by atoms with Crippen molar-refractivity contribution in [2.45, 2.75) is 38.1 Å². The van der Waals surface area contributed by atoms with Crippen molar-refractivity contribution in [3.63, 3.8) is 0 Å². The van der Waals surface area contributed by atoms with Gasteiger partial charge in [0.15, 0.2) is 6.61 Å². The number of ether oxygens (including phenoxy) is 1. The van der Waals surface area contributed by atoms with Crippen molar-refractivity contribution in [3.05, 3.63) is 28.2 Å². The van der Waals surface area contributed by atoms with E-state index in [1.165, 1.54) is 6.07 Å². The van der Waals surface area contributed by atoms with Gasteiger partial charge in [0.1, 0.15) is 0 Å². The molecule has 1 aromatic carbocycles. The highest BCUT2D eigenvalue weighted by molar-refractivity contribution is 6.35. The van der Waals surface area contributed by atoms with E-state index in [0.29, 0.717) is 22.3 Å². The number of anilines is 1. The number of hydrogen-bond donors (Lipinski definition) is 1. The van der Waals surface area contributed by atoms with Gasteiger partial charge in [-0.1, -0.05) is 36.0 Å². The van der Waals surface area contributed by atoms with Crippen LogP contribution in [0.2, 0.25) is 10.0 Å². The number of halogens is 2. The molecule has 1 aliphatic carbocycles. The first-order valence-electron chi connectivity index (χ1n) is 8.65. The number of nitrogens with zero attached hydrogens (tertiary/aromatic N) is 1. The van der Waals surface area contributed by atoms with E-state index in [1.807, 2.05) is 0 Å². The molecule has 1 atom stereocenters. The number of hydrogen-bond acceptors (Lipinski definition) is 4. The molecule has 2 amide bonds. The predicted octanol–water partition coefficient (Wildman–Crippen LogP) is 3.27. The molecule has 0 aromatic heterocycles. The van der Waals surface area contributed by atoms with E-state index >= 15 is 0 Å².